The summed E-state index contributed by atoms with van der Waals surface area (Å²) in [5.41, 5.74) is 1.44. The third-order valence-corrected chi connectivity index (χ3v) is 5.30. The van der Waals surface area contributed by atoms with Gasteiger partial charge in [-0.3, -0.25) is 4.79 Å². The largest absolute Gasteiger partial charge is 0.497 e. The van der Waals surface area contributed by atoms with E-state index in [1.54, 1.807) is 24.1 Å². The standard InChI is InChI=1S/C19H23NO4S/c1-5-20(14(2)16-7-6-8-17(13-16)24-3)19(21)15-9-11-18(12-10-15)25(4,22)23/h6-14H,5H2,1-4H3. The van der Waals surface area contributed by atoms with Gasteiger partial charge in [0.15, 0.2) is 9.84 Å². The quantitative estimate of drug-likeness (QED) is 0.792. The van der Waals surface area contributed by atoms with E-state index in [1.165, 1.54) is 12.1 Å². The van der Waals surface area contributed by atoms with Gasteiger partial charge in [-0.15, -0.1) is 0 Å². The Hall–Kier alpha value is -2.34. The molecule has 134 valence electrons. The van der Waals surface area contributed by atoms with Crippen molar-refractivity contribution in [1.29, 1.82) is 0 Å². The molecule has 0 saturated carbocycles. The Kier molecular flexibility index (Phi) is 5.85. The van der Waals surface area contributed by atoms with Crippen molar-refractivity contribution in [2.75, 3.05) is 19.9 Å². The Bertz CT molecular complexity index is 844. The highest BCUT2D eigenvalue weighted by molar-refractivity contribution is 7.90. The van der Waals surface area contributed by atoms with Crippen LogP contribution in [0.5, 0.6) is 5.75 Å². The number of sulfone groups is 1. The number of ether oxygens (including phenoxy) is 1. The van der Waals surface area contributed by atoms with Crippen LogP contribution in [0.25, 0.3) is 0 Å². The Labute approximate surface area is 149 Å². The molecule has 0 aliphatic heterocycles. The molecule has 6 heteroatoms. The van der Waals surface area contributed by atoms with E-state index in [-0.39, 0.29) is 16.8 Å². The molecular weight excluding hydrogens is 338 g/mol. The van der Waals surface area contributed by atoms with E-state index >= 15 is 0 Å². The zero-order chi connectivity index (χ0) is 18.6. The van der Waals surface area contributed by atoms with E-state index in [0.717, 1.165) is 17.6 Å². The van der Waals surface area contributed by atoms with Gasteiger partial charge in [0.05, 0.1) is 18.0 Å². The maximum absolute atomic E-state index is 12.9. The number of carbonyl (C=O) groups excluding carboxylic acids is 1. The lowest BCUT2D eigenvalue weighted by molar-refractivity contribution is 0.0702. The molecule has 0 aromatic heterocycles. The Morgan fingerprint density at radius 3 is 2.32 bits per heavy atom. The van der Waals surface area contributed by atoms with Crippen LogP contribution in [-0.4, -0.2) is 39.1 Å². The van der Waals surface area contributed by atoms with Crippen LogP contribution in [-0.2, 0) is 9.84 Å². The van der Waals surface area contributed by atoms with Crippen LogP contribution in [0.15, 0.2) is 53.4 Å². The van der Waals surface area contributed by atoms with Gasteiger partial charge in [0.1, 0.15) is 5.75 Å². The van der Waals surface area contributed by atoms with Gasteiger partial charge in [0.25, 0.3) is 5.91 Å². The van der Waals surface area contributed by atoms with Crippen LogP contribution in [0.3, 0.4) is 0 Å². The molecule has 0 radical (unpaired) electrons. The molecule has 0 N–H and O–H groups in total. The molecule has 0 aliphatic rings. The average molecular weight is 361 g/mol. The summed E-state index contributed by atoms with van der Waals surface area (Å²) < 4.78 is 28.3. The lowest BCUT2D eigenvalue weighted by Crippen LogP contribution is -2.33. The number of rotatable bonds is 6. The number of hydrogen-bond acceptors (Lipinski definition) is 4. The van der Waals surface area contributed by atoms with Crippen LogP contribution < -0.4 is 4.74 Å². The van der Waals surface area contributed by atoms with Gasteiger partial charge in [-0.05, 0) is 55.8 Å². The van der Waals surface area contributed by atoms with Crippen molar-refractivity contribution in [3.63, 3.8) is 0 Å². The van der Waals surface area contributed by atoms with E-state index < -0.39 is 9.84 Å². The third kappa shape index (κ3) is 4.39. The van der Waals surface area contributed by atoms with E-state index in [2.05, 4.69) is 0 Å². The van der Waals surface area contributed by atoms with Crippen LogP contribution in [0.2, 0.25) is 0 Å². The van der Waals surface area contributed by atoms with Gasteiger partial charge in [-0.2, -0.15) is 0 Å². The summed E-state index contributed by atoms with van der Waals surface area (Å²) in [5.74, 6) is 0.600. The molecule has 0 bridgehead atoms. The van der Waals surface area contributed by atoms with Gasteiger partial charge in [0.2, 0.25) is 0 Å². The fourth-order valence-electron chi connectivity index (χ4n) is 2.69. The number of methoxy groups -OCH3 is 1. The molecule has 0 aliphatic carbocycles. The summed E-state index contributed by atoms with van der Waals surface area (Å²) >= 11 is 0. The van der Waals surface area contributed by atoms with Crippen molar-refractivity contribution in [3.8, 4) is 5.75 Å². The molecule has 0 heterocycles. The maximum Gasteiger partial charge on any atom is 0.254 e. The number of hydrogen-bond donors (Lipinski definition) is 0. The summed E-state index contributed by atoms with van der Waals surface area (Å²) in [6.45, 7) is 4.41. The van der Waals surface area contributed by atoms with Gasteiger partial charge >= 0.3 is 0 Å². The second-order valence-electron chi connectivity index (χ2n) is 5.84. The highest BCUT2D eigenvalue weighted by atomic mass is 32.2. The fraction of sp³-hybridized carbons (Fsp3) is 0.316. The first-order chi connectivity index (χ1) is 11.8. The first-order valence-electron chi connectivity index (χ1n) is 8.03. The molecule has 0 spiro atoms. The number of nitrogens with zero attached hydrogens (tertiary/aromatic N) is 1. The molecular formula is C19H23NO4S. The van der Waals surface area contributed by atoms with E-state index in [0.29, 0.717) is 12.1 Å². The first-order valence-corrected chi connectivity index (χ1v) is 9.92. The van der Waals surface area contributed by atoms with Crippen molar-refractivity contribution in [1.82, 2.24) is 4.90 Å². The summed E-state index contributed by atoms with van der Waals surface area (Å²) in [4.78, 5) is 14.8. The highest BCUT2D eigenvalue weighted by Gasteiger charge is 2.22. The van der Waals surface area contributed by atoms with Gasteiger partial charge in [-0.25, -0.2) is 8.42 Å². The molecule has 0 fully saturated rings. The lowest BCUT2D eigenvalue weighted by atomic mass is 10.1. The second-order valence-corrected chi connectivity index (χ2v) is 7.86. The smallest absolute Gasteiger partial charge is 0.254 e. The zero-order valence-corrected chi connectivity index (χ0v) is 15.7. The van der Waals surface area contributed by atoms with Crippen molar-refractivity contribution >= 4 is 15.7 Å². The molecule has 1 unspecified atom stereocenters. The van der Waals surface area contributed by atoms with Crippen LogP contribution in [0.1, 0.15) is 35.8 Å². The predicted octanol–water partition coefficient (Wildman–Crippen LogP) is 3.32. The molecule has 2 aromatic rings. The Morgan fingerprint density at radius 2 is 1.80 bits per heavy atom. The number of carbonyl (C=O) groups is 1. The minimum atomic E-state index is -3.28. The molecule has 2 rings (SSSR count). The number of amides is 1. The van der Waals surface area contributed by atoms with Gasteiger partial charge < -0.3 is 9.64 Å². The zero-order valence-electron chi connectivity index (χ0n) is 14.9. The fourth-order valence-corrected chi connectivity index (χ4v) is 3.32. The normalized spacial score (nSPS) is 12.5. The minimum absolute atomic E-state index is 0.137. The molecule has 2 aromatic carbocycles. The molecule has 1 amide bonds. The molecule has 0 saturated heterocycles. The van der Waals surface area contributed by atoms with Crippen molar-refractivity contribution < 1.29 is 17.9 Å². The Balaban J connectivity index is 2.28. The summed E-state index contributed by atoms with van der Waals surface area (Å²) in [5, 5.41) is 0. The molecule has 25 heavy (non-hydrogen) atoms. The van der Waals surface area contributed by atoms with E-state index in [1.807, 2.05) is 38.1 Å². The Morgan fingerprint density at radius 1 is 1.16 bits per heavy atom. The topological polar surface area (TPSA) is 63.7 Å². The van der Waals surface area contributed by atoms with Crippen molar-refractivity contribution in [2.45, 2.75) is 24.8 Å². The van der Waals surface area contributed by atoms with E-state index in [9.17, 15) is 13.2 Å². The molecule has 1 atom stereocenters. The summed E-state index contributed by atoms with van der Waals surface area (Å²) in [7, 11) is -1.67. The van der Waals surface area contributed by atoms with Gasteiger partial charge in [0, 0.05) is 18.4 Å². The third-order valence-electron chi connectivity index (χ3n) is 4.17. The van der Waals surface area contributed by atoms with Crippen LogP contribution >= 0.6 is 0 Å². The maximum atomic E-state index is 12.9. The van der Waals surface area contributed by atoms with E-state index in [4.69, 9.17) is 4.74 Å². The summed E-state index contributed by atoms with van der Waals surface area (Å²) in [6.07, 6.45) is 1.15. The first kappa shape index (κ1) is 19.0. The van der Waals surface area contributed by atoms with Crippen LogP contribution in [0, 0.1) is 0 Å². The van der Waals surface area contributed by atoms with Crippen molar-refractivity contribution in [2.24, 2.45) is 0 Å². The highest BCUT2D eigenvalue weighted by Crippen LogP contribution is 2.25. The SMILES string of the molecule is CCN(C(=O)c1ccc(S(C)(=O)=O)cc1)C(C)c1cccc(OC)c1. The van der Waals surface area contributed by atoms with Crippen molar-refractivity contribution in [3.05, 3.63) is 59.7 Å². The second kappa shape index (κ2) is 7.70. The average Bonchev–Trinajstić information content (AvgIpc) is 2.61. The predicted molar refractivity (Wildman–Crippen MR) is 97.7 cm³/mol. The van der Waals surface area contributed by atoms with Crippen LogP contribution in [0.4, 0.5) is 0 Å². The lowest BCUT2D eigenvalue weighted by Gasteiger charge is -2.29. The van der Waals surface area contributed by atoms with Gasteiger partial charge in [-0.1, -0.05) is 12.1 Å². The number of benzene rings is 2. The molecule has 5 nitrogen and oxygen atoms in total. The monoisotopic (exact) mass is 361 g/mol. The summed E-state index contributed by atoms with van der Waals surface area (Å²) in [6, 6.07) is 13.5. The minimum Gasteiger partial charge on any atom is -0.497 e.